The third kappa shape index (κ3) is 1.11. The Balaban J connectivity index is 1.83. The van der Waals surface area contributed by atoms with Gasteiger partial charge in [0.25, 0.3) is 0 Å². The molecular formula is C16H16O2. The molecule has 1 aliphatic heterocycles. The smallest absolute Gasteiger partial charge is 0.310 e. The van der Waals surface area contributed by atoms with Crippen LogP contribution in [0.3, 0.4) is 0 Å². The molecule has 2 fully saturated rings. The lowest BCUT2D eigenvalue weighted by molar-refractivity contribution is -0.152. The molecule has 4 rings (SSSR count). The summed E-state index contributed by atoms with van der Waals surface area (Å²) in [7, 11) is 0. The predicted molar refractivity (Wildman–Crippen MR) is 67.6 cm³/mol. The van der Waals surface area contributed by atoms with Gasteiger partial charge in [0.05, 0.1) is 5.92 Å². The molecular weight excluding hydrogens is 224 g/mol. The molecule has 1 aromatic carbocycles. The Morgan fingerprint density at radius 3 is 2.67 bits per heavy atom. The molecule has 1 heterocycles. The third-order valence-corrected chi connectivity index (χ3v) is 5.03. The number of carbonyl (C=O) groups is 1. The maximum atomic E-state index is 12.2. The van der Waals surface area contributed by atoms with Crippen LogP contribution >= 0.6 is 0 Å². The molecule has 1 saturated carbocycles. The van der Waals surface area contributed by atoms with E-state index in [9.17, 15) is 4.79 Å². The second kappa shape index (κ2) is 3.25. The lowest BCUT2D eigenvalue weighted by Crippen LogP contribution is -2.33. The van der Waals surface area contributed by atoms with Gasteiger partial charge in [0.15, 0.2) is 0 Å². The van der Waals surface area contributed by atoms with E-state index < -0.39 is 5.60 Å². The van der Waals surface area contributed by atoms with Gasteiger partial charge < -0.3 is 4.74 Å². The summed E-state index contributed by atoms with van der Waals surface area (Å²) in [4.78, 5) is 12.2. The summed E-state index contributed by atoms with van der Waals surface area (Å²) >= 11 is 0. The fraction of sp³-hybridized carbons (Fsp3) is 0.438. The number of carbonyl (C=O) groups excluding carboxylic acids is 1. The molecule has 0 spiro atoms. The molecule has 2 heteroatoms. The van der Waals surface area contributed by atoms with E-state index in [0.717, 1.165) is 12.0 Å². The van der Waals surface area contributed by atoms with Crippen molar-refractivity contribution in [3.05, 3.63) is 48.0 Å². The average Bonchev–Trinajstić information content (AvgIpc) is 3.05. The maximum Gasteiger partial charge on any atom is 0.310 e. The quantitative estimate of drug-likeness (QED) is 0.557. The molecule has 2 bridgehead atoms. The Labute approximate surface area is 107 Å². The number of hydrogen-bond donors (Lipinski definition) is 0. The van der Waals surface area contributed by atoms with Crippen LogP contribution in [-0.4, -0.2) is 5.97 Å². The van der Waals surface area contributed by atoms with Crippen molar-refractivity contribution in [1.82, 2.24) is 0 Å². The van der Waals surface area contributed by atoms with Gasteiger partial charge in [-0.25, -0.2) is 0 Å². The fourth-order valence-corrected chi connectivity index (χ4v) is 4.26. The lowest BCUT2D eigenvalue weighted by atomic mass is 9.72. The monoisotopic (exact) mass is 240 g/mol. The number of rotatable bonds is 1. The van der Waals surface area contributed by atoms with Crippen LogP contribution in [0.1, 0.15) is 18.9 Å². The molecule has 92 valence electrons. The van der Waals surface area contributed by atoms with Crippen molar-refractivity contribution in [1.29, 1.82) is 0 Å². The summed E-state index contributed by atoms with van der Waals surface area (Å²) in [6.07, 6.45) is 5.63. The first-order chi connectivity index (χ1) is 8.70. The second-order valence-electron chi connectivity index (χ2n) is 5.89. The maximum absolute atomic E-state index is 12.2. The third-order valence-electron chi connectivity index (χ3n) is 5.03. The van der Waals surface area contributed by atoms with Gasteiger partial charge in [-0.1, -0.05) is 42.5 Å². The highest BCUT2D eigenvalue weighted by atomic mass is 16.6. The number of fused-ring (bicyclic) bond motifs is 5. The van der Waals surface area contributed by atoms with Crippen molar-refractivity contribution in [2.75, 3.05) is 0 Å². The molecule has 0 radical (unpaired) electrons. The molecule has 1 aromatic rings. The average molecular weight is 240 g/mol. The van der Waals surface area contributed by atoms with E-state index in [0.29, 0.717) is 17.8 Å². The van der Waals surface area contributed by atoms with E-state index in [4.69, 9.17) is 4.74 Å². The number of ether oxygens (including phenoxy) is 1. The van der Waals surface area contributed by atoms with Gasteiger partial charge in [-0.15, -0.1) is 0 Å². The Bertz CT molecular complexity index is 533. The number of allylic oxidation sites excluding steroid dienone is 2. The first kappa shape index (κ1) is 10.4. The van der Waals surface area contributed by atoms with Crippen molar-refractivity contribution in [3.63, 3.8) is 0 Å². The van der Waals surface area contributed by atoms with Gasteiger partial charge in [-0.2, -0.15) is 0 Å². The molecule has 5 atom stereocenters. The molecule has 0 amide bonds. The SMILES string of the molecule is C[C@]1(c2ccccc2)OC(=O)[C@@H]2[C@H]1[C@@H]1C=C[C@H]2C1. The highest BCUT2D eigenvalue weighted by Crippen LogP contribution is 2.60. The zero-order valence-electron chi connectivity index (χ0n) is 10.4. The van der Waals surface area contributed by atoms with Crippen molar-refractivity contribution in [2.24, 2.45) is 23.7 Å². The molecule has 1 saturated heterocycles. The van der Waals surface area contributed by atoms with Crippen molar-refractivity contribution in [3.8, 4) is 0 Å². The van der Waals surface area contributed by atoms with Crippen LogP contribution in [0.5, 0.6) is 0 Å². The lowest BCUT2D eigenvalue weighted by Gasteiger charge is -2.32. The summed E-state index contributed by atoms with van der Waals surface area (Å²) in [5.74, 6) is 1.34. The van der Waals surface area contributed by atoms with Crippen LogP contribution in [0.25, 0.3) is 0 Å². The van der Waals surface area contributed by atoms with E-state index in [2.05, 4.69) is 31.2 Å². The summed E-state index contributed by atoms with van der Waals surface area (Å²) in [6, 6.07) is 10.2. The summed E-state index contributed by atoms with van der Waals surface area (Å²) in [5.41, 5.74) is 0.694. The zero-order valence-corrected chi connectivity index (χ0v) is 10.4. The van der Waals surface area contributed by atoms with Crippen LogP contribution in [0.15, 0.2) is 42.5 Å². The fourth-order valence-electron chi connectivity index (χ4n) is 4.26. The number of hydrogen-bond acceptors (Lipinski definition) is 2. The van der Waals surface area contributed by atoms with Crippen LogP contribution in [0.4, 0.5) is 0 Å². The van der Waals surface area contributed by atoms with Crippen molar-refractivity contribution < 1.29 is 9.53 Å². The molecule has 0 N–H and O–H groups in total. The van der Waals surface area contributed by atoms with Crippen molar-refractivity contribution in [2.45, 2.75) is 18.9 Å². The molecule has 0 unspecified atom stereocenters. The van der Waals surface area contributed by atoms with E-state index in [1.165, 1.54) is 0 Å². The number of esters is 1. The minimum absolute atomic E-state index is 0.00297. The standard InChI is InChI=1S/C16H16O2/c1-16(12-5-3-2-4-6-12)14-11-8-7-10(9-11)13(14)15(17)18-16/h2-8,10-11,13-14H,9H2,1H3/t10-,11+,13-,14+,16+/m0/s1. The van der Waals surface area contributed by atoms with Gasteiger partial charge in [-0.3, -0.25) is 4.79 Å². The summed E-state index contributed by atoms with van der Waals surface area (Å²) in [6.45, 7) is 2.08. The van der Waals surface area contributed by atoms with Crippen LogP contribution in [0.2, 0.25) is 0 Å². The van der Waals surface area contributed by atoms with Gasteiger partial charge in [-0.05, 0) is 30.7 Å². The van der Waals surface area contributed by atoms with E-state index in [-0.39, 0.29) is 11.9 Å². The zero-order chi connectivity index (χ0) is 12.3. The number of benzene rings is 1. The van der Waals surface area contributed by atoms with Crippen molar-refractivity contribution >= 4 is 5.97 Å². The molecule has 2 nitrogen and oxygen atoms in total. The first-order valence-corrected chi connectivity index (χ1v) is 6.67. The van der Waals surface area contributed by atoms with E-state index in [1.807, 2.05) is 18.2 Å². The first-order valence-electron chi connectivity index (χ1n) is 6.67. The molecule has 18 heavy (non-hydrogen) atoms. The van der Waals surface area contributed by atoms with Crippen LogP contribution in [-0.2, 0) is 15.1 Å². The Hall–Kier alpha value is -1.57. The minimum atomic E-state index is -0.437. The predicted octanol–water partition coefficient (Wildman–Crippen LogP) is 2.90. The van der Waals surface area contributed by atoms with Gasteiger partial charge in [0.1, 0.15) is 5.60 Å². The second-order valence-corrected chi connectivity index (χ2v) is 5.89. The van der Waals surface area contributed by atoms with Gasteiger partial charge >= 0.3 is 5.97 Å². The Morgan fingerprint density at radius 1 is 1.17 bits per heavy atom. The normalized spacial score (nSPS) is 44.2. The highest BCUT2D eigenvalue weighted by Gasteiger charge is 2.63. The highest BCUT2D eigenvalue weighted by molar-refractivity contribution is 5.78. The molecule has 0 aromatic heterocycles. The van der Waals surface area contributed by atoms with Gasteiger partial charge in [0, 0.05) is 5.92 Å². The van der Waals surface area contributed by atoms with Crippen LogP contribution < -0.4 is 0 Å². The summed E-state index contributed by atoms with van der Waals surface area (Å²) in [5, 5.41) is 0. The van der Waals surface area contributed by atoms with Gasteiger partial charge in [0.2, 0.25) is 0 Å². The number of cyclic esters (lactones) is 1. The topological polar surface area (TPSA) is 26.3 Å². The largest absolute Gasteiger partial charge is 0.454 e. The minimum Gasteiger partial charge on any atom is -0.454 e. The Kier molecular flexibility index (Phi) is 1.87. The van der Waals surface area contributed by atoms with E-state index in [1.54, 1.807) is 0 Å². The molecule has 2 aliphatic carbocycles. The van der Waals surface area contributed by atoms with E-state index >= 15 is 0 Å². The van der Waals surface area contributed by atoms with Crippen LogP contribution in [0, 0.1) is 23.7 Å². The summed E-state index contributed by atoms with van der Waals surface area (Å²) < 4.78 is 5.80. The Morgan fingerprint density at radius 2 is 1.89 bits per heavy atom. The molecule has 3 aliphatic rings.